The molecule has 1 amide bonds. The van der Waals surface area contributed by atoms with Crippen LogP contribution in [0.25, 0.3) is 17.2 Å². The number of anilines is 1. The quantitative estimate of drug-likeness (QED) is 0.263. The summed E-state index contributed by atoms with van der Waals surface area (Å²) in [6.07, 6.45) is 3.54. The van der Waals surface area contributed by atoms with Gasteiger partial charge in [0.15, 0.2) is 0 Å². The molecule has 0 saturated carbocycles. The second-order valence-corrected chi connectivity index (χ2v) is 9.97. The highest BCUT2D eigenvalue weighted by atomic mass is 32.9. The van der Waals surface area contributed by atoms with E-state index in [1.165, 1.54) is 0 Å². The van der Waals surface area contributed by atoms with Gasteiger partial charge in [-0.3, -0.25) is 9.69 Å². The minimum atomic E-state index is -0.452. The topological polar surface area (TPSA) is 20.3 Å². The van der Waals surface area contributed by atoms with Crippen LogP contribution in [0.5, 0.6) is 0 Å². The van der Waals surface area contributed by atoms with E-state index in [0.29, 0.717) is 0 Å². The molecule has 0 saturated heterocycles. The number of hydrogen-bond acceptors (Lipinski definition) is 4. The Labute approximate surface area is 171 Å². The molecule has 2 heterocycles. The molecule has 0 N–H and O–H groups in total. The molecule has 1 aliphatic heterocycles. The summed E-state index contributed by atoms with van der Waals surface area (Å²) in [5.74, 6) is -0.0225. The molecule has 0 spiro atoms. The molecule has 2 nitrogen and oxygen atoms in total. The zero-order valence-electron chi connectivity index (χ0n) is 15.4. The molecule has 0 radical (unpaired) electrons. The van der Waals surface area contributed by atoms with E-state index in [4.69, 9.17) is 12.2 Å². The summed E-state index contributed by atoms with van der Waals surface area (Å²) in [6, 6.07) is 16.2. The number of hydrogen-bond donors (Lipinski definition) is 0. The lowest BCUT2D eigenvalue weighted by molar-refractivity contribution is -0.115. The summed E-state index contributed by atoms with van der Waals surface area (Å²) in [6.45, 7) is 6.25. The first-order valence-corrected chi connectivity index (χ1v) is 11.3. The summed E-state index contributed by atoms with van der Waals surface area (Å²) in [7, 11) is 3.30. The maximum atomic E-state index is 13.3. The third-order valence-corrected chi connectivity index (χ3v) is 8.18. The summed E-state index contributed by atoms with van der Waals surface area (Å²) in [5.41, 5.74) is 4.80. The van der Waals surface area contributed by atoms with Crippen LogP contribution in [-0.2, 0) is 10.3 Å². The molecular weight excluding hydrogens is 390 g/mol. The van der Waals surface area contributed by atoms with Gasteiger partial charge in [0.2, 0.25) is 0 Å². The first-order chi connectivity index (χ1) is 12.9. The van der Waals surface area contributed by atoms with Gasteiger partial charge in [-0.15, -0.1) is 0 Å². The summed E-state index contributed by atoms with van der Waals surface area (Å²) in [4.78, 5) is 16.4. The molecule has 0 bridgehead atoms. The second-order valence-electron chi connectivity index (χ2n) is 7.16. The van der Waals surface area contributed by atoms with Crippen LogP contribution in [0.1, 0.15) is 29.9 Å². The molecule has 0 atom stereocenters. The van der Waals surface area contributed by atoms with Crippen LogP contribution in [0.15, 0.2) is 54.6 Å². The van der Waals surface area contributed by atoms with E-state index in [9.17, 15) is 4.79 Å². The minimum absolute atomic E-state index is 0.0225. The van der Waals surface area contributed by atoms with Crippen LogP contribution in [0.2, 0.25) is 0 Å². The fourth-order valence-corrected chi connectivity index (χ4v) is 6.82. The Morgan fingerprint density at radius 3 is 2.59 bits per heavy atom. The van der Waals surface area contributed by atoms with Crippen LogP contribution in [0, 0.1) is 10.7 Å². The van der Waals surface area contributed by atoms with Crippen LogP contribution >= 0.6 is 32.9 Å². The van der Waals surface area contributed by atoms with Gasteiger partial charge in [0.05, 0.1) is 16.1 Å². The van der Waals surface area contributed by atoms with Gasteiger partial charge in [0, 0.05) is 17.2 Å². The monoisotopic (exact) mass is 409 g/mol. The predicted octanol–water partition coefficient (Wildman–Crippen LogP) is 6.81. The van der Waals surface area contributed by atoms with Gasteiger partial charge >= 0.3 is 0 Å². The van der Waals surface area contributed by atoms with Gasteiger partial charge in [0.25, 0.3) is 5.91 Å². The van der Waals surface area contributed by atoms with Crippen molar-refractivity contribution in [2.75, 3.05) is 4.90 Å². The van der Waals surface area contributed by atoms with E-state index >= 15 is 0 Å². The van der Waals surface area contributed by atoms with E-state index < -0.39 is 5.54 Å². The van der Waals surface area contributed by atoms with Crippen molar-refractivity contribution < 1.29 is 4.79 Å². The lowest BCUT2D eigenvalue weighted by Gasteiger charge is -2.42. The number of aryl methyl sites for hydroxylation is 1. The lowest BCUT2D eigenvalue weighted by atomic mass is 9.87. The number of fused-ring (bicyclic) bond motifs is 3. The normalized spacial score (nSPS) is 14.9. The van der Waals surface area contributed by atoms with E-state index in [2.05, 4.69) is 39.0 Å². The zero-order chi connectivity index (χ0) is 19.2. The number of amides is 1. The zero-order valence-corrected chi connectivity index (χ0v) is 17.8. The molecule has 0 aliphatic carbocycles. The third-order valence-electron chi connectivity index (χ3n) is 4.85. The van der Waals surface area contributed by atoms with Crippen molar-refractivity contribution in [3.05, 3.63) is 74.4 Å². The van der Waals surface area contributed by atoms with Crippen LogP contribution in [0.3, 0.4) is 0 Å². The predicted molar refractivity (Wildman–Crippen MR) is 119 cm³/mol. The number of rotatable bonds is 2. The highest BCUT2D eigenvalue weighted by Crippen LogP contribution is 2.52. The van der Waals surface area contributed by atoms with Crippen molar-refractivity contribution in [2.45, 2.75) is 26.3 Å². The maximum Gasteiger partial charge on any atom is 0.251 e. The van der Waals surface area contributed by atoms with E-state index in [1.807, 2.05) is 41.3 Å². The van der Waals surface area contributed by atoms with Crippen LogP contribution in [0.4, 0.5) is 5.69 Å². The molecule has 5 heteroatoms. The average molecular weight is 410 g/mol. The second kappa shape index (κ2) is 6.82. The van der Waals surface area contributed by atoms with Gasteiger partial charge in [-0.2, -0.15) is 0 Å². The summed E-state index contributed by atoms with van der Waals surface area (Å²) in [5, 5.41) is 0. The van der Waals surface area contributed by atoms with Gasteiger partial charge in [-0.1, -0.05) is 75.4 Å². The van der Waals surface area contributed by atoms with Gasteiger partial charge in [0.1, 0.15) is 3.82 Å². The van der Waals surface area contributed by atoms with Crippen molar-refractivity contribution in [3.63, 3.8) is 0 Å². The fraction of sp³-hybridized carbons (Fsp3) is 0.182. The maximum absolute atomic E-state index is 13.3. The molecule has 27 heavy (non-hydrogen) atoms. The van der Waals surface area contributed by atoms with E-state index in [1.54, 1.807) is 26.8 Å². The number of nitrogens with zero attached hydrogens (tertiary/aromatic N) is 1. The molecule has 0 fully saturated rings. The number of carbonyl (C=O) groups excluding carboxylic acids is 1. The van der Waals surface area contributed by atoms with E-state index in [-0.39, 0.29) is 5.91 Å². The van der Waals surface area contributed by atoms with Crippen LogP contribution in [-0.4, -0.2) is 5.91 Å². The van der Waals surface area contributed by atoms with Gasteiger partial charge in [-0.05, 0) is 44.0 Å². The van der Waals surface area contributed by atoms with Crippen molar-refractivity contribution in [3.8, 4) is 11.1 Å². The Hall–Kier alpha value is -2.08. The molecule has 2 aromatic carbocycles. The van der Waals surface area contributed by atoms with E-state index in [0.717, 1.165) is 36.6 Å². The number of benzene rings is 2. The Balaban J connectivity index is 1.85. The molecular formula is C22H19NOS3. The Morgan fingerprint density at radius 2 is 1.85 bits per heavy atom. The largest absolute Gasteiger partial charge is 0.298 e. The molecule has 1 aromatic heterocycles. The Kier molecular flexibility index (Phi) is 4.62. The molecule has 3 aromatic rings. The van der Waals surface area contributed by atoms with Crippen molar-refractivity contribution >= 4 is 50.6 Å². The van der Waals surface area contributed by atoms with Crippen LogP contribution < -0.4 is 4.90 Å². The van der Waals surface area contributed by atoms with Crippen molar-refractivity contribution in [2.24, 2.45) is 0 Å². The minimum Gasteiger partial charge on any atom is -0.298 e. The van der Waals surface area contributed by atoms with Gasteiger partial charge < -0.3 is 0 Å². The lowest BCUT2D eigenvalue weighted by Crippen LogP contribution is -2.47. The van der Waals surface area contributed by atoms with Crippen molar-refractivity contribution in [1.29, 1.82) is 0 Å². The molecule has 0 unspecified atom stereocenters. The summed E-state index contributed by atoms with van der Waals surface area (Å²) < 4.78 is 0.903. The van der Waals surface area contributed by atoms with Crippen molar-refractivity contribution in [1.82, 2.24) is 0 Å². The SMILES string of the molecule is Cc1ccc2c(c1)N(C(=O)C=Cc1ccccc1)C(C)(C)c1ssc(=S)c1-2. The highest BCUT2D eigenvalue weighted by Gasteiger charge is 2.42. The average Bonchev–Trinajstić information content (AvgIpc) is 3.03. The summed E-state index contributed by atoms with van der Waals surface area (Å²) >= 11 is 5.61. The smallest absolute Gasteiger partial charge is 0.251 e. The number of carbonyl (C=O) groups is 1. The first-order valence-electron chi connectivity index (χ1n) is 8.71. The molecule has 136 valence electrons. The Bertz CT molecular complexity index is 1110. The first kappa shape index (κ1) is 18.3. The third kappa shape index (κ3) is 3.10. The standard InChI is InChI=1S/C22H19NOS3/c1-14-9-11-16-17(13-14)23(18(24)12-10-15-7-5-4-6-8-15)22(2,3)20-19(16)21(25)27-26-20/h4-13H,1-3H3. The Morgan fingerprint density at radius 1 is 1.11 bits per heavy atom. The highest BCUT2D eigenvalue weighted by molar-refractivity contribution is 7.80. The molecule has 1 aliphatic rings. The van der Waals surface area contributed by atoms with Gasteiger partial charge in [-0.25, -0.2) is 0 Å². The fourth-order valence-electron chi connectivity index (χ4n) is 3.54. The molecule has 4 rings (SSSR count).